The Hall–Kier alpha value is -4.00. The normalized spacial score (nSPS) is 17.6. The van der Waals surface area contributed by atoms with Crippen molar-refractivity contribution < 1.29 is 28.6 Å². The molecule has 3 aromatic rings. The largest absolute Gasteiger partial charge is 0.507 e. The molecule has 1 aromatic heterocycles. The third kappa shape index (κ3) is 3.51. The third-order valence-electron chi connectivity index (χ3n) is 5.45. The number of benzene rings is 2. The highest BCUT2D eigenvalue weighted by Gasteiger charge is 2.48. The fourth-order valence-electron chi connectivity index (χ4n) is 3.82. The van der Waals surface area contributed by atoms with E-state index in [9.17, 15) is 14.7 Å². The van der Waals surface area contributed by atoms with Gasteiger partial charge in [-0.15, -0.1) is 0 Å². The Kier molecular flexibility index (Phi) is 5.48. The zero-order valence-corrected chi connectivity index (χ0v) is 18.2. The van der Waals surface area contributed by atoms with E-state index in [1.165, 1.54) is 19.1 Å². The van der Waals surface area contributed by atoms with Crippen molar-refractivity contribution in [1.29, 1.82) is 0 Å². The molecule has 2 heterocycles. The van der Waals surface area contributed by atoms with Crippen LogP contribution in [0.1, 0.15) is 28.7 Å². The van der Waals surface area contributed by atoms with E-state index >= 15 is 0 Å². The maximum atomic E-state index is 13.2. The average Bonchev–Trinajstić information content (AvgIpc) is 3.34. The fraction of sp³-hybridized carbons (Fsp3) is 0.200. The van der Waals surface area contributed by atoms with E-state index < -0.39 is 17.7 Å². The molecule has 164 valence electrons. The van der Waals surface area contributed by atoms with Gasteiger partial charge in [0.05, 0.1) is 25.4 Å². The maximum Gasteiger partial charge on any atom is 0.300 e. The molecule has 0 spiro atoms. The molecule has 0 aliphatic carbocycles. The number of hydrogen-bond acceptors (Lipinski definition) is 6. The van der Waals surface area contributed by atoms with Crippen molar-refractivity contribution in [2.24, 2.45) is 0 Å². The molecule has 1 aliphatic rings. The van der Waals surface area contributed by atoms with Gasteiger partial charge in [-0.2, -0.15) is 0 Å². The van der Waals surface area contributed by atoms with Gasteiger partial charge < -0.3 is 19.0 Å². The summed E-state index contributed by atoms with van der Waals surface area (Å²) in [6.45, 7) is 3.70. The molecule has 7 heteroatoms. The summed E-state index contributed by atoms with van der Waals surface area (Å²) in [7, 11) is 2.95. The number of ketones is 1. The summed E-state index contributed by atoms with van der Waals surface area (Å²) in [6, 6.07) is 14.6. The number of aliphatic hydroxyl groups excluding tert-OH is 1. The number of carbonyl (C=O) groups excluding carboxylic acids is 2. The second-order valence-corrected chi connectivity index (χ2v) is 7.52. The molecule has 0 saturated carbocycles. The van der Waals surface area contributed by atoms with E-state index in [2.05, 4.69) is 0 Å². The van der Waals surface area contributed by atoms with Crippen molar-refractivity contribution in [3.05, 3.63) is 82.8 Å². The Balaban J connectivity index is 1.97. The van der Waals surface area contributed by atoms with Crippen LogP contribution in [0.3, 0.4) is 0 Å². The summed E-state index contributed by atoms with van der Waals surface area (Å²) in [5, 5.41) is 11.3. The molecule has 1 N–H and O–H groups in total. The summed E-state index contributed by atoms with van der Waals surface area (Å²) in [4.78, 5) is 27.7. The molecule has 0 radical (unpaired) electrons. The molecule has 1 amide bonds. The summed E-state index contributed by atoms with van der Waals surface area (Å²) in [6.07, 6.45) is 0. The number of methoxy groups -OCH3 is 2. The van der Waals surface area contributed by atoms with Gasteiger partial charge in [-0.25, -0.2) is 0 Å². The summed E-state index contributed by atoms with van der Waals surface area (Å²) >= 11 is 0. The number of ether oxygens (including phenoxy) is 2. The standard InChI is InChI=1S/C25H23NO6/c1-14-5-8-16(9-6-14)26-22(20-11-7-15(2)32-20)21(24(28)25(26)29)23(27)18-13-17(30-3)10-12-19(18)31-4/h5-13,22,27H,1-4H3/b23-21+. The van der Waals surface area contributed by atoms with Crippen LogP contribution in [0.25, 0.3) is 5.76 Å². The fourth-order valence-corrected chi connectivity index (χ4v) is 3.82. The van der Waals surface area contributed by atoms with Crippen LogP contribution in [-0.2, 0) is 9.59 Å². The molecular formula is C25H23NO6. The number of aliphatic hydroxyl groups is 1. The van der Waals surface area contributed by atoms with Crippen LogP contribution < -0.4 is 14.4 Å². The van der Waals surface area contributed by atoms with Gasteiger partial charge in [-0.1, -0.05) is 17.7 Å². The van der Waals surface area contributed by atoms with Crippen LogP contribution in [0.2, 0.25) is 0 Å². The summed E-state index contributed by atoms with van der Waals surface area (Å²) < 4.78 is 16.4. The Bertz CT molecular complexity index is 1220. The predicted molar refractivity (Wildman–Crippen MR) is 119 cm³/mol. The zero-order chi connectivity index (χ0) is 23.0. The van der Waals surface area contributed by atoms with Crippen LogP contribution >= 0.6 is 0 Å². The minimum Gasteiger partial charge on any atom is -0.507 e. The Labute approximate surface area is 185 Å². The molecule has 2 aromatic carbocycles. The lowest BCUT2D eigenvalue weighted by Crippen LogP contribution is -2.29. The van der Waals surface area contributed by atoms with Crippen molar-refractivity contribution in [2.45, 2.75) is 19.9 Å². The highest BCUT2D eigenvalue weighted by atomic mass is 16.5. The second kappa shape index (κ2) is 8.26. The van der Waals surface area contributed by atoms with Crippen LogP contribution in [0.5, 0.6) is 11.5 Å². The van der Waals surface area contributed by atoms with Gasteiger partial charge in [-0.3, -0.25) is 14.5 Å². The van der Waals surface area contributed by atoms with Crippen molar-refractivity contribution in [2.75, 3.05) is 19.1 Å². The quantitative estimate of drug-likeness (QED) is 0.361. The first kappa shape index (κ1) is 21.2. The molecular weight excluding hydrogens is 410 g/mol. The zero-order valence-electron chi connectivity index (χ0n) is 18.2. The van der Waals surface area contributed by atoms with Gasteiger partial charge in [0.15, 0.2) is 0 Å². The third-order valence-corrected chi connectivity index (χ3v) is 5.45. The summed E-state index contributed by atoms with van der Waals surface area (Å²) in [5.74, 6) is -0.153. The molecule has 4 rings (SSSR count). The number of aryl methyl sites for hydroxylation is 2. The first-order valence-electron chi connectivity index (χ1n) is 10.0. The Morgan fingerprint density at radius 1 is 0.969 bits per heavy atom. The number of rotatable bonds is 5. The molecule has 1 atom stereocenters. The van der Waals surface area contributed by atoms with Crippen LogP contribution in [-0.4, -0.2) is 31.0 Å². The highest BCUT2D eigenvalue weighted by molar-refractivity contribution is 6.51. The number of amides is 1. The minimum absolute atomic E-state index is 0.0866. The first-order chi connectivity index (χ1) is 15.3. The monoisotopic (exact) mass is 433 g/mol. The van der Waals surface area contributed by atoms with Gasteiger partial charge in [0, 0.05) is 5.69 Å². The Morgan fingerprint density at radius 2 is 1.69 bits per heavy atom. The molecule has 7 nitrogen and oxygen atoms in total. The van der Waals surface area contributed by atoms with E-state index in [-0.39, 0.29) is 16.9 Å². The SMILES string of the molecule is COc1ccc(OC)c(/C(O)=C2\C(=O)C(=O)N(c3ccc(C)cc3)C2c2ccc(C)o2)c1. The Morgan fingerprint density at radius 3 is 2.28 bits per heavy atom. The van der Waals surface area contributed by atoms with E-state index in [0.29, 0.717) is 28.7 Å². The summed E-state index contributed by atoms with van der Waals surface area (Å²) in [5.41, 5.74) is 1.68. The second-order valence-electron chi connectivity index (χ2n) is 7.52. The van der Waals surface area contributed by atoms with E-state index in [1.54, 1.807) is 49.4 Å². The molecule has 1 aliphatic heterocycles. The van der Waals surface area contributed by atoms with Gasteiger partial charge >= 0.3 is 0 Å². The van der Waals surface area contributed by atoms with Crippen LogP contribution in [0.15, 0.2) is 64.6 Å². The number of carbonyl (C=O) groups is 2. The smallest absolute Gasteiger partial charge is 0.300 e. The average molecular weight is 433 g/mol. The first-order valence-corrected chi connectivity index (χ1v) is 10.0. The number of anilines is 1. The predicted octanol–water partition coefficient (Wildman–Crippen LogP) is 4.54. The van der Waals surface area contributed by atoms with Crippen LogP contribution in [0.4, 0.5) is 5.69 Å². The van der Waals surface area contributed by atoms with Crippen LogP contribution in [0, 0.1) is 13.8 Å². The van der Waals surface area contributed by atoms with Gasteiger partial charge in [0.25, 0.3) is 11.7 Å². The maximum absolute atomic E-state index is 13.2. The molecule has 1 unspecified atom stereocenters. The topological polar surface area (TPSA) is 89.2 Å². The number of Topliss-reactive ketones (excluding diaryl/α,β-unsaturated/α-hetero) is 1. The van der Waals surface area contributed by atoms with Gasteiger partial charge in [0.1, 0.15) is 34.8 Å². The van der Waals surface area contributed by atoms with Crippen molar-refractivity contribution in [3.8, 4) is 11.5 Å². The molecule has 1 fully saturated rings. The molecule has 0 bridgehead atoms. The van der Waals surface area contributed by atoms with Crippen molar-refractivity contribution >= 4 is 23.1 Å². The number of furan rings is 1. The van der Waals surface area contributed by atoms with Crippen molar-refractivity contribution in [1.82, 2.24) is 0 Å². The molecule has 32 heavy (non-hydrogen) atoms. The van der Waals surface area contributed by atoms with Crippen molar-refractivity contribution in [3.63, 3.8) is 0 Å². The van der Waals surface area contributed by atoms with E-state index in [4.69, 9.17) is 13.9 Å². The van der Waals surface area contributed by atoms with Gasteiger partial charge in [-0.05, 0) is 56.3 Å². The lowest BCUT2D eigenvalue weighted by Gasteiger charge is -2.23. The lowest BCUT2D eigenvalue weighted by molar-refractivity contribution is -0.132. The lowest BCUT2D eigenvalue weighted by atomic mass is 9.98. The molecule has 1 saturated heterocycles. The number of nitrogens with zero attached hydrogens (tertiary/aromatic N) is 1. The van der Waals surface area contributed by atoms with E-state index in [0.717, 1.165) is 5.56 Å². The van der Waals surface area contributed by atoms with E-state index in [1.807, 2.05) is 19.1 Å². The van der Waals surface area contributed by atoms with Gasteiger partial charge in [0.2, 0.25) is 0 Å². The number of hydrogen-bond donors (Lipinski definition) is 1. The highest BCUT2D eigenvalue weighted by Crippen LogP contribution is 2.44. The minimum atomic E-state index is -0.942.